The number of aromatic nitrogens is 2. The van der Waals surface area contributed by atoms with Gasteiger partial charge in [0.1, 0.15) is 11.6 Å². The molecule has 2 saturated heterocycles. The molecule has 0 saturated carbocycles. The fourth-order valence-electron chi connectivity index (χ4n) is 4.18. The Balaban J connectivity index is 1.22. The molecule has 1 spiro atoms. The zero-order valence-corrected chi connectivity index (χ0v) is 14.9. The van der Waals surface area contributed by atoms with Crippen LogP contribution < -0.4 is 16.0 Å². The summed E-state index contributed by atoms with van der Waals surface area (Å²) in [6, 6.07) is 4.48. The summed E-state index contributed by atoms with van der Waals surface area (Å²) >= 11 is 0. The van der Waals surface area contributed by atoms with E-state index in [4.69, 9.17) is 0 Å². The fourth-order valence-corrected chi connectivity index (χ4v) is 4.18. The number of aryl methyl sites for hydroxylation is 1. The van der Waals surface area contributed by atoms with E-state index in [-0.39, 0.29) is 17.8 Å². The molecule has 4 rings (SSSR count). The van der Waals surface area contributed by atoms with Crippen LogP contribution in [0.1, 0.15) is 31.5 Å². The number of imidazole rings is 1. The van der Waals surface area contributed by atoms with Gasteiger partial charge in [-0.3, -0.25) is 4.79 Å². The zero-order chi connectivity index (χ0) is 18.0. The largest absolute Gasteiger partial charge is 0.355 e. The number of amides is 1. The van der Waals surface area contributed by atoms with Crippen LogP contribution in [0.3, 0.4) is 0 Å². The highest BCUT2D eigenvalue weighted by atomic mass is 19.1. The lowest BCUT2D eigenvalue weighted by Crippen LogP contribution is -2.40. The summed E-state index contributed by atoms with van der Waals surface area (Å²) < 4.78 is 13.2. The molecule has 2 aliphatic rings. The lowest BCUT2D eigenvalue weighted by atomic mass is 9.77. The number of piperidine rings is 1. The molecule has 1 aromatic heterocycles. The van der Waals surface area contributed by atoms with Crippen molar-refractivity contribution in [3.05, 3.63) is 29.8 Å². The minimum absolute atomic E-state index is 0.0673. The van der Waals surface area contributed by atoms with Crippen LogP contribution >= 0.6 is 0 Å². The average Bonchev–Trinajstić information content (AvgIpc) is 3.23. The van der Waals surface area contributed by atoms with Crippen molar-refractivity contribution in [1.29, 1.82) is 0 Å². The molecule has 6 nitrogen and oxygen atoms in total. The van der Waals surface area contributed by atoms with Gasteiger partial charge in [-0.2, -0.15) is 0 Å². The molecular weight excluding hydrogens is 333 g/mol. The first-order chi connectivity index (χ1) is 12.6. The van der Waals surface area contributed by atoms with Crippen molar-refractivity contribution in [2.45, 2.75) is 38.1 Å². The van der Waals surface area contributed by atoms with Gasteiger partial charge < -0.3 is 20.9 Å². The molecule has 0 bridgehead atoms. The molecule has 2 fully saturated rings. The van der Waals surface area contributed by atoms with Gasteiger partial charge in [-0.15, -0.1) is 0 Å². The Morgan fingerprint density at radius 3 is 3.04 bits per heavy atom. The number of nitrogens with zero attached hydrogens (tertiary/aromatic N) is 1. The van der Waals surface area contributed by atoms with E-state index in [1.165, 1.54) is 12.1 Å². The van der Waals surface area contributed by atoms with Crippen LogP contribution in [-0.4, -0.2) is 48.1 Å². The van der Waals surface area contributed by atoms with Crippen molar-refractivity contribution in [1.82, 2.24) is 25.9 Å². The molecule has 0 unspecified atom stereocenters. The molecule has 0 aliphatic carbocycles. The first-order valence-electron chi connectivity index (χ1n) is 9.50. The van der Waals surface area contributed by atoms with Crippen molar-refractivity contribution < 1.29 is 9.18 Å². The van der Waals surface area contributed by atoms with Gasteiger partial charge in [0.25, 0.3) is 0 Å². The highest BCUT2D eigenvalue weighted by Gasteiger charge is 2.41. The third-order valence-corrected chi connectivity index (χ3v) is 5.72. The Bertz CT molecular complexity index is 783. The molecule has 3 heterocycles. The van der Waals surface area contributed by atoms with Crippen LogP contribution in [0, 0.1) is 11.2 Å². The molecule has 0 radical (unpaired) electrons. The summed E-state index contributed by atoms with van der Waals surface area (Å²) in [5, 5.41) is 9.84. The van der Waals surface area contributed by atoms with Crippen LogP contribution in [-0.2, 0) is 11.2 Å². The van der Waals surface area contributed by atoms with Gasteiger partial charge in [0, 0.05) is 19.5 Å². The Kier molecular flexibility index (Phi) is 4.91. The van der Waals surface area contributed by atoms with Crippen LogP contribution in [0.15, 0.2) is 18.2 Å². The number of hydrogen-bond donors (Lipinski definition) is 4. The standard InChI is InChI=1S/C19H26FN5O/c20-13-3-4-14-15(10-13)25-17(24-14)2-1-7-22-18(26)16-11-19(12-23-16)5-8-21-9-6-19/h3-4,10,16,21,23H,1-2,5-9,11-12H2,(H,22,26)(H,24,25)/t16-/m1/s1. The number of aromatic amines is 1. The smallest absolute Gasteiger partial charge is 0.237 e. The van der Waals surface area contributed by atoms with Crippen LogP contribution in [0.25, 0.3) is 11.0 Å². The topological polar surface area (TPSA) is 81.8 Å². The van der Waals surface area contributed by atoms with E-state index in [0.717, 1.165) is 63.1 Å². The minimum atomic E-state index is -0.268. The SMILES string of the molecule is O=C(NCCCc1nc2ccc(F)cc2[nH]1)[C@H]1CC2(CCNCC2)CN1. The summed E-state index contributed by atoms with van der Waals surface area (Å²) in [6.07, 6.45) is 4.77. The molecule has 1 aromatic carbocycles. The second kappa shape index (κ2) is 7.32. The van der Waals surface area contributed by atoms with Gasteiger partial charge in [-0.1, -0.05) is 0 Å². The number of halogens is 1. The van der Waals surface area contributed by atoms with Crippen molar-refractivity contribution >= 4 is 16.9 Å². The number of H-pyrrole nitrogens is 1. The number of carbonyl (C=O) groups is 1. The summed E-state index contributed by atoms with van der Waals surface area (Å²) in [7, 11) is 0. The number of fused-ring (bicyclic) bond motifs is 1. The maximum atomic E-state index is 13.2. The molecule has 7 heteroatoms. The summed E-state index contributed by atoms with van der Waals surface area (Å²) in [4.78, 5) is 20.0. The molecule has 1 amide bonds. The Morgan fingerprint density at radius 1 is 1.35 bits per heavy atom. The number of rotatable bonds is 5. The van der Waals surface area contributed by atoms with Gasteiger partial charge >= 0.3 is 0 Å². The van der Waals surface area contributed by atoms with E-state index in [1.807, 2.05) is 0 Å². The van der Waals surface area contributed by atoms with Crippen LogP contribution in [0.5, 0.6) is 0 Å². The molecule has 4 N–H and O–H groups in total. The van der Waals surface area contributed by atoms with E-state index >= 15 is 0 Å². The van der Waals surface area contributed by atoms with Crippen molar-refractivity contribution in [2.75, 3.05) is 26.2 Å². The highest BCUT2D eigenvalue weighted by Crippen LogP contribution is 2.37. The number of nitrogens with one attached hydrogen (secondary N) is 4. The first kappa shape index (κ1) is 17.4. The van der Waals surface area contributed by atoms with E-state index in [2.05, 4.69) is 25.9 Å². The third-order valence-electron chi connectivity index (χ3n) is 5.72. The zero-order valence-electron chi connectivity index (χ0n) is 14.9. The lowest BCUT2D eigenvalue weighted by molar-refractivity contribution is -0.123. The molecular formula is C19H26FN5O. The monoisotopic (exact) mass is 359 g/mol. The van der Waals surface area contributed by atoms with Gasteiger partial charge in [-0.25, -0.2) is 9.37 Å². The summed E-state index contributed by atoms with van der Waals surface area (Å²) in [5.74, 6) is 0.662. The number of benzene rings is 1. The highest BCUT2D eigenvalue weighted by molar-refractivity contribution is 5.82. The third kappa shape index (κ3) is 3.73. The van der Waals surface area contributed by atoms with Crippen LogP contribution in [0.2, 0.25) is 0 Å². The van der Waals surface area contributed by atoms with Crippen molar-refractivity contribution in [3.8, 4) is 0 Å². The normalized spacial score (nSPS) is 22.1. The molecule has 2 aromatic rings. The van der Waals surface area contributed by atoms with E-state index in [9.17, 15) is 9.18 Å². The predicted octanol–water partition coefficient (Wildman–Crippen LogP) is 1.48. The fraction of sp³-hybridized carbons (Fsp3) is 0.579. The number of hydrogen-bond acceptors (Lipinski definition) is 4. The number of carbonyl (C=O) groups excluding carboxylic acids is 1. The van der Waals surface area contributed by atoms with Gasteiger partial charge in [0.05, 0.1) is 17.1 Å². The second-order valence-corrected chi connectivity index (χ2v) is 7.63. The minimum Gasteiger partial charge on any atom is -0.355 e. The quantitative estimate of drug-likeness (QED) is 0.610. The summed E-state index contributed by atoms with van der Waals surface area (Å²) in [6.45, 7) is 3.67. The molecule has 140 valence electrons. The predicted molar refractivity (Wildman–Crippen MR) is 98.3 cm³/mol. The van der Waals surface area contributed by atoms with E-state index in [1.54, 1.807) is 6.07 Å². The van der Waals surface area contributed by atoms with E-state index in [0.29, 0.717) is 17.5 Å². The Hall–Kier alpha value is -1.99. The molecule has 1 atom stereocenters. The molecule has 2 aliphatic heterocycles. The van der Waals surface area contributed by atoms with Crippen LogP contribution in [0.4, 0.5) is 4.39 Å². The Labute approximate surface area is 152 Å². The lowest BCUT2D eigenvalue weighted by Gasteiger charge is -2.33. The van der Waals surface area contributed by atoms with Gasteiger partial charge in [-0.05, 0) is 62.4 Å². The van der Waals surface area contributed by atoms with E-state index < -0.39 is 0 Å². The first-order valence-corrected chi connectivity index (χ1v) is 9.50. The second-order valence-electron chi connectivity index (χ2n) is 7.63. The van der Waals surface area contributed by atoms with Crippen molar-refractivity contribution in [3.63, 3.8) is 0 Å². The molecule has 26 heavy (non-hydrogen) atoms. The Morgan fingerprint density at radius 2 is 2.19 bits per heavy atom. The average molecular weight is 359 g/mol. The maximum Gasteiger partial charge on any atom is 0.237 e. The van der Waals surface area contributed by atoms with Gasteiger partial charge in [0.15, 0.2) is 0 Å². The summed E-state index contributed by atoms with van der Waals surface area (Å²) in [5.41, 5.74) is 1.79. The maximum absolute atomic E-state index is 13.2. The van der Waals surface area contributed by atoms with Gasteiger partial charge in [0.2, 0.25) is 5.91 Å². The van der Waals surface area contributed by atoms with Crippen molar-refractivity contribution in [2.24, 2.45) is 5.41 Å².